The van der Waals surface area contributed by atoms with E-state index in [1.807, 2.05) is 0 Å². The Morgan fingerprint density at radius 2 is 1.82 bits per heavy atom. The average molecular weight is 405 g/mol. The molecule has 1 saturated carbocycles. The Morgan fingerprint density at radius 1 is 1.14 bits per heavy atom. The third kappa shape index (κ3) is 4.01. The van der Waals surface area contributed by atoms with Gasteiger partial charge in [0.1, 0.15) is 6.04 Å². The Bertz CT molecular complexity index is 690. The molecule has 0 unspecified atom stereocenters. The lowest BCUT2D eigenvalue weighted by Gasteiger charge is -2.24. The Balaban J connectivity index is 1.29. The molecule has 6 nitrogen and oxygen atoms in total. The van der Waals surface area contributed by atoms with E-state index in [2.05, 4.69) is 22.8 Å². The Kier molecular flexibility index (Phi) is 6.11. The molecule has 1 aliphatic carbocycles. The minimum atomic E-state index is -0.133. The van der Waals surface area contributed by atoms with Gasteiger partial charge >= 0.3 is 0 Å². The zero-order chi connectivity index (χ0) is 19.5. The summed E-state index contributed by atoms with van der Waals surface area (Å²) in [6.07, 6.45) is 6.37. The average Bonchev–Trinajstić information content (AvgIpc) is 3.45. The summed E-state index contributed by atoms with van der Waals surface area (Å²) in [6, 6.07) is 4.51. The van der Waals surface area contributed by atoms with E-state index in [9.17, 15) is 14.4 Å². The van der Waals surface area contributed by atoms with Crippen LogP contribution in [-0.4, -0.2) is 48.8 Å². The van der Waals surface area contributed by atoms with Gasteiger partial charge in [-0.3, -0.25) is 19.3 Å². The molecule has 3 heterocycles. The van der Waals surface area contributed by atoms with Crippen LogP contribution in [-0.2, 0) is 14.4 Å². The van der Waals surface area contributed by atoms with Gasteiger partial charge in [0.05, 0.1) is 36.3 Å². The first-order valence-electron chi connectivity index (χ1n) is 10.6. The van der Waals surface area contributed by atoms with Crippen molar-refractivity contribution in [2.75, 3.05) is 26.2 Å². The van der Waals surface area contributed by atoms with E-state index in [4.69, 9.17) is 0 Å². The van der Waals surface area contributed by atoms with Crippen LogP contribution < -0.4 is 10.2 Å². The van der Waals surface area contributed by atoms with Crippen molar-refractivity contribution in [2.45, 2.75) is 51.0 Å². The molecule has 7 heteroatoms. The van der Waals surface area contributed by atoms with Crippen LogP contribution in [0.15, 0.2) is 17.5 Å². The number of hydrogen-bond acceptors (Lipinski definition) is 4. The van der Waals surface area contributed by atoms with Crippen LogP contribution in [0, 0.1) is 11.8 Å². The number of likely N-dealkylation sites (tertiary alicyclic amines) is 2. The van der Waals surface area contributed by atoms with Gasteiger partial charge in [0.25, 0.3) is 0 Å². The van der Waals surface area contributed by atoms with Crippen LogP contribution >= 0.6 is 11.3 Å². The second-order valence-corrected chi connectivity index (χ2v) is 9.29. The monoisotopic (exact) mass is 404 g/mol. The number of carbonyl (C=O) groups is 3. The molecule has 0 aromatic carbocycles. The van der Waals surface area contributed by atoms with Gasteiger partial charge < -0.3 is 10.2 Å². The Hall–Kier alpha value is -1.73. The molecule has 0 spiro atoms. The SMILES string of the molecule is O=C(CCN1C(=O)[C@H]2CCCC[C@H]2C1=O)NC[C@@H](c1cccs1)[NH+]1CCCC1. The van der Waals surface area contributed by atoms with Crippen LogP contribution in [0.1, 0.15) is 55.9 Å². The van der Waals surface area contributed by atoms with Crippen LogP contribution in [0.2, 0.25) is 0 Å². The van der Waals surface area contributed by atoms with Crippen molar-refractivity contribution in [1.82, 2.24) is 10.2 Å². The molecule has 2 aliphatic heterocycles. The number of quaternary nitrogens is 1. The molecule has 2 saturated heterocycles. The maximum atomic E-state index is 12.5. The van der Waals surface area contributed by atoms with Gasteiger partial charge in [-0.05, 0) is 24.3 Å². The third-order valence-corrected chi connectivity index (χ3v) is 7.61. The first-order valence-corrected chi connectivity index (χ1v) is 11.5. The van der Waals surface area contributed by atoms with Crippen molar-refractivity contribution in [3.8, 4) is 0 Å². The molecule has 0 radical (unpaired) electrons. The van der Waals surface area contributed by atoms with Crippen molar-refractivity contribution in [2.24, 2.45) is 11.8 Å². The summed E-state index contributed by atoms with van der Waals surface area (Å²) in [5.41, 5.74) is 0. The number of hydrogen-bond donors (Lipinski definition) is 2. The number of fused-ring (bicyclic) bond motifs is 1. The van der Waals surface area contributed by atoms with E-state index in [1.165, 1.54) is 27.5 Å². The molecule has 152 valence electrons. The van der Waals surface area contributed by atoms with Crippen molar-refractivity contribution in [1.29, 1.82) is 0 Å². The number of thiophene rings is 1. The highest BCUT2D eigenvalue weighted by molar-refractivity contribution is 7.10. The molecule has 1 aromatic rings. The maximum Gasteiger partial charge on any atom is 0.233 e. The number of nitrogens with zero attached hydrogens (tertiary/aromatic N) is 1. The van der Waals surface area contributed by atoms with Gasteiger partial charge in [-0.15, -0.1) is 11.3 Å². The van der Waals surface area contributed by atoms with Gasteiger partial charge in [-0.2, -0.15) is 0 Å². The predicted molar refractivity (Wildman–Crippen MR) is 107 cm³/mol. The molecule has 2 N–H and O–H groups in total. The predicted octanol–water partition coefficient (Wildman–Crippen LogP) is 1.15. The molecule has 4 rings (SSSR count). The number of rotatable bonds is 7. The summed E-state index contributed by atoms with van der Waals surface area (Å²) >= 11 is 1.75. The largest absolute Gasteiger partial charge is 0.350 e. The van der Waals surface area contributed by atoms with Gasteiger partial charge in [0, 0.05) is 25.8 Å². The smallest absolute Gasteiger partial charge is 0.233 e. The summed E-state index contributed by atoms with van der Waals surface area (Å²) < 4.78 is 0. The topological polar surface area (TPSA) is 70.9 Å². The van der Waals surface area contributed by atoms with Gasteiger partial charge in [-0.1, -0.05) is 18.9 Å². The van der Waals surface area contributed by atoms with E-state index < -0.39 is 0 Å². The van der Waals surface area contributed by atoms with Crippen molar-refractivity contribution in [3.63, 3.8) is 0 Å². The Morgan fingerprint density at radius 3 is 2.43 bits per heavy atom. The highest BCUT2D eigenvalue weighted by Gasteiger charge is 2.47. The van der Waals surface area contributed by atoms with E-state index >= 15 is 0 Å². The normalized spacial score (nSPS) is 26.5. The lowest BCUT2D eigenvalue weighted by atomic mass is 9.81. The lowest BCUT2D eigenvalue weighted by molar-refractivity contribution is -0.918. The van der Waals surface area contributed by atoms with Crippen molar-refractivity contribution < 1.29 is 19.3 Å². The van der Waals surface area contributed by atoms with Crippen LogP contribution in [0.5, 0.6) is 0 Å². The van der Waals surface area contributed by atoms with E-state index in [-0.39, 0.29) is 42.5 Å². The zero-order valence-corrected chi connectivity index (χ0v) is 17.1. The Labute approximate surface area is 170 Å². The molecular formula is C21H30N3O3S+. The fourth-order valence-electron chi connectivity index (χ4n) is 5.08. The van der Waals surface area contributed by atoms with Crippen molar-refractivity contribution >= 4 is 29.1 Å². The highest BCUT2D eigenvalue weighted by atomic mass is 32.1. The maximum absolute atomic E-state index is 12.5. The minimum absolute atomic E-state index is 0.0551. The number of amides is 3. The first-order chi connectivity index (χ1) is 13.6. The summed E-state index contributed by atoms with van der Waals surface area (Å²) in [5.74, 6) is -0.450. The fraction of sp³-hybridized carbons (Fsp3) is 0.667. The van der Waals surface area contributed by atoms with Gasteiger partial charge in [0.15, 0.2) is 0 Å². The van der Waals surface area contributed by atoms with Crippen LogP contribution in [0.3, 0.4) is 0 Å². The number of carbonyl (C=O) groups excluding carboxylic acids is 3. The number of nitrogens with one attached hydrogen (secondary N) is 2. The standard InChI is InChI=1S/C21H29N3O3S/c25-19(9-12-24-20(26)15-6-1-2-7-16(15)21(24)27)22-14-17(18-8-5-13-28-18)23-10-3-4-11-23/h5,8,13,15-17H,1-4,6-7,9-12,14H2,(H,22,25)/p+1/t15-,16+,17-/m0/s1. The quantitative estimate of drug-likeness (QED) is 0.670. The summed E-state index contributed by atoms with van der Waals surface area (Å²) in [4.78, 5) is 41.7. The molecule has 0 bridgehead atoms. The van der Waals surface area contributed by atoms with E-state index in [0.717, 1.165) is 38.8 Å². The van der Waals surface area contributed by atoms with E-state index in [1.54, 1.807) is 11.3 Å². The molecule has 3 fully saturated rings. The number of imide groups is 1. The van der Waals surface area contributed by atoms with Crippen LogP contribution in [0.25, 0.3) is 0 Å². The molecular weight excluding hydrogens is 374 g/mol. The van der Waals surface area contributed by atoms with Gasteiger partial charge in [-0.25, -0.2) is 0 Å². The second kappa shape index (κ2) is 8.74. The summed E-state index contributed by atoms with van der Waals surface area (Å²) in [6.45, 7) is 3.13. The molecule has 3 atom stereocenters. The molecule has 3 aliphatic rings. The molecule has 3 amide bonds. The van der Waals surface area contributed by atoms with E-state index in [0.29, 0.717) is 12.6 Å². The highest BCUT2D eigenvalue weighted by Crippen LogP contribution is 2.37. The third-order valence-electron chi connectivity index (χ3n) is 6.62. The van der Waals surface area contributed by atoms with Gasteiger partial charge in [0.2, 0.25) is 17.7 Å². The minimum Gasteiger partial charge on any atom is -0.350 e. The summed E-state index contributed by atoms with van der Waals surface area (Å²) in [5, 5.41) is 5.15. The van der Waals surface area contributed by atoms with Crippen LogP contribution in [0.4, 0.5) is 0 Å². The molecule has 28 heavy (non-hydrogen) atoms. The lowest BCUT2D eigenvalue weighted by Crippen LogP contribution is -3.11. The molecule has 1 aromatic heterocycles. The first kappa shape index (κ1) is 19.6. The second-order valence-electron chi connectivity index (χ2n) is 8.31. The fourth-order valence-corrected chi connectivity index (χ4v) is 5.97. The summed E-state index contributed by atoms with van der Waals surface area (Å²) in [7, 11) is 0. The van der Waals surface area contributed by atoms with Crippen molar-refractivity contribution in [3.05, 3.63) is 22.4 Å². The zero-order valence-electron chi connectivity index (χ0n) is 16.3.